The van der Waals surface area contributed by atoms with Crippen LogP contribution in [-0.2, 0) is 18.0 Å². The monoisotopic (exact) mass is 290 g/mol. The third kappa shape index (κ3) is 3.54. The largest absolute Gasteiger partial charge is 0.388 e. The van der Waals surface area contributed by atoms with Gasteiger partial charge in [-0.05, 0) is 36.1 Å². The summed E-state index contributed by atoms with van der Waals surface area (Å²) in [5.74, 6) is 0. The number of amides is 2. The number of aliphatic hydroxyl groups is 1. The number of ether oxygens (including phenoxy) is 1. The summed E-state index contributed by atoms with van der Waals surface area (Å²) in [6, 6.07) is 5.53. The van der Waals surface area contributed by atoms with Crippen LogP contribution in [0.1, 0.15) is 43.2 Å². The molecule has 0 radical (unpaired) electrons. The zero-order chi connectivity index (χ0) is 14.7. The van der Waals surface area contributed by atoms with Crippen molar-refractivity contribution in [3.63, 3.8) is 0 Å². The van der Waals surface area contributed by atoms with Gasteiger partial charge < -0.3 is 20.5 Å². The molecule has 0 atom stereocenters. The number of carbonyl (C=O) groups excluding carboxylic acids is 1. The van der Waals surface area contributed by atoms with Crippen molar-refractivity contribution in [1.29, 1.82) is 0 Å². The molecule has 0 aromatic heterocycles. The van der Waals surface area contributed by atoms with Crippen LogP contribution in [0.15, 0.2) is 18.2 Å². The topological polar surface area (TPSA) is 70.6 Å². The smallest absolute Gasteiger partial charge is 0.319 e. The van der Waals surface area contributed by atoms with Crippen LogP contribution in [0.25, 0.3) is 0 Å². The summed E-state index contributed by atoms with van der Waals surface area (Å²) >= 11 is 0. The van der Waals surface area contributed by atoms with E-state index in [1.807, 2.05) is 18.2 Å². The van der Waals surface area contributed by atoms with E-state index in [-0.39, 0.29) is 6.03 Å². The number of nitrogens with one attached hydrogen (secondary N) is 2. The Morgan fingerprint density at radius 1 is 1.19 bits per heavy atom. The van der Waals surface area contributed by atoms with Gasteiger partial charge in [0.1, 0.15) is 0 Å². The molecule has 1 aromatic carbocycles. The lowest BCUT2D eigenvalue weighted by molar-refractivity contribution is 0.00755. The predicted octanol–water partition coefficient (Wildman–Crippen LogP) is 2.53. The van der Waals surface area contributed by atoms with Gasteiger partial charge in [0.2, 0.25) is 0 Å². The van der Waals surface area contributed by atoms with Gasteiger partial charge in [-0.15, -0.1) is 0 Å². The molecule has 2 amide bonds. The Balaban J connectivity index is 1.52. The summed E-state index contributed by atoms with van der Waals surface area (Å²) in [4.78, 5) is 11.9. The highest BCUT2D eigenvalue weighted by Gasteiger charge is 2.29. The van der Waals surface area contributed by atoms with Crippen LogP contribution in [-0.4, -0.2) is 23.3 Å². The van der Waals surface area contributed by atoms with E-state index in [0.29, 0.717) is 19.8 Å². The average molecular weight is 290 g/mol. The van der Waals surface area contributed by atoms with E-state index in [2.05, 4.69) is 10.6 Å². The Hall–Kier alpha value is -1.59. The summed E-state index contributed by atoms with van der Waals surface area (Å²) < 4.78 is 5.35. The maximum absolute atomic E-state index is 11.9. The standard InChI is InChI=1S/C16H22N2O3/c19-15(17-11-16(20)6-2-1-3-7-16)18-14-5-4-12-9-21-10-13(12)8-14/h4-5,8,20H,1-3,6-7,9-11H2,(H2,17,18,19). The Bertz CT molecular complexity index is 524. The summed E-state index contributed by atoms with van der Waals surface area (Å²) in [6.45, 7) is 1.56. The first kappa shape index (κ1) is 14.4. The molecule has 3 rings (SSSR count). The molecule has 1 aliphatic heterocycles. The molecule has 5 nitrogen and oxygen atoms in total. The zero-order valence-electron chi connectivity index (χ0n) is 12.2. The number of hydrogen-bond acceptors (Lipinski definition) is 3. The van der Waals surface area contributed by atoms with Crippen molar-refractivity contribution >= 4 is 11.7 Å². The third-order valence-corrected chi connectivity index (χ3v) is 4.34. The molecule has 114 valence electrons. The molecule has 21 heavy (non-hydrogen) atoms. The van der Waals surface area contributed by atoms with Crippen LogP contribution in [0, 0.1) is 0 Å². The lowest BCUT2D eigenvalue weighted by Crippen LogP contribution is -2.45. The van der Waals surface area contributed by atoms with Gasteiger partial charge in [0.25, 0.3) is 0 Å². The van der Waals surface area contributed by atoms with Crippen molar-refractivity contribution < 1.29 is 14.6 Å². The number of benzene rings is 1. The van der Waals surface area contributed by atoms with Gasteiger partial charge in [0.15, 0.2) is 0 Å². The molecule has 0 bridgehead atoms. The Labute approximate surface area is 124 Å². The van der Waals surface area contributed by atoms with Crippen molar-refractivity contribution in [2.24, 2.45) is 0 Å². The molecule has 1 heterocycles. The first-order valence-electron chi connectivity index (χ1n) is 7.61. The highest BCUT2D eigenvalue weighted by atomic mass is 16.5. The molecule has 1 saturated carbocycles. The van der Waals surface area contributed by atoms with Crippen LogP contribution < -0.4 is 10.6 Å². The quantitative estimate of drug-likeness (QED) is 0.801. The number of anilines is 1. The van der Waals surface area contributed by atoms with Crippen molar-refractivity contribution in [2.45, 2.75) is 50.9 Å². The fraction of sp³-hybridized carbons (Fsp3) is 0.562. The van der Waals surface area contributed by atoms with Crippen LogP contribution >= 0.6 is 0 Å². The second kappa shape index (κ2) is 6.03. The van der Waals surface area contributed by atoms with Crippen LogP contribution in [0.5, 0.6) is 0 Å². The minimum atomic E-state index is -0.735. The normalized spacial score (nSPS) is 19.9. The summed E-state index contributed by atoms with van der Waals surface area (Å²) in [6.07, 6.45) is 4.77. The molecule has 3 N–H and O–H groups in total. The fourth-order valence-corrected chi connectivity index (χ4v) is 3.06. The number of fused-ring (bicyclic) bond motifs is 1. The van der Waals surface area contributed by atoms with Gasteiger partial charge >= 0.3 is 6.03 Å². The second-order valence-corrected chi connectivity index (χ2v) is 6.07. The minimum absolute atomic E-state index is 0.270. The molecule has 0 spiro atoms. The van der Waals surface area contributed by atoms with Crippen molar-refractivity contribution in [3.8, 4) is 0 Å². The maximum atomic E-state index is 11.9. The second-order valence-electron chi connectivity index (χ2n) is 6.07. The van der Waals surface area contributed by atoms with Crippen LogP contribution in [0.3, 0.4) is 0 Å². The first-order valence-corrected chi connectivity index (χ1v) is 7.61. The minimum Gasteiger partial charge on any atom is -0.388 e. The first-order chi connectivity index (χ1) is 10.1. The Morgan fingerprint density at radius 2 is 1.95 bits per heavy atom. The predicted molar refractivity (Wildman–Crippen MR) is 80.0 cm³/mol. The number of carbonyl (C=O) groups is 1. The van der Waals surface area contributed by atoms with Gasteiger partial charge in [-0.2, -0.15) is 0 Å². The van der Waals surface area contributed by atoms with Gasteiger partial charge in [-0.1, -0.05) is 25.3 Å². The van der Waals surface area contributed by atoms with Gasteiger partial charge in [0.05, 0.1) is 18.8 Å². The van der Waals surface area contributed by atoms with Crippen molar-refractivity contribution in [2.75, 3.05) is 11.9 Å². The maximum Gasteiger partial charge on any atom is 0.319 e. The van der Waals surface area contributed by atoms with E-state index >= 15 is 0 Å². The Morgan fingerprint density at radius 3 is 2.76 bits per heavy atom. The van der Waals surface area contributed by atoms with E-state index in [1.165, 1.54) is 12.0 Å². The molecular weight excluding hydrogens is 268 g/mol. The van der Waals surface area contributed by atoms with Crippen LogP contribution in [0.4, 0.5) is 10.5 Å². The lowest BCUT2D eigenvalue weighted by Gasteiger charge is -2.32. The fourth-order valence-electron chi connectivity index (χ4n) is 3.06. The van der Waals surface area contributed by atoms with Crippen molar-refractivity contribution in [3.05, 3.63) is 29.3 Å². The molecular formula is C16H22N2O3. The van der Waals surface area contributed by atoms with E-state index in [4.69, 9.17) is 4.74 Å². The molecule has 2 aliphatic rings. The molecule has 0 saturated heterocycles. The lowest BCUT2D eigenvalue weighted by atomic mass is 9.85. The third-order valence-electron chi connectivity index (χ3n) is 4.34. The summed E-state index contributed by atoms with van der Waals surface area (Å²) in [5, 5.41) is 15.9. The molecule has 1 fully saturated rings. The van der Waals surface area contributed by atoms with Crippen LogP contribution in [0.2, 0.25) is 0 Å². The summed E-state index contributed by atoms with van der Waals surface area (Å²) in [5.41, 5.74) is 2.32. The van der Waals surface area contributed by atoms with Gasteiger partial charge in [-0.25, -0.2) is 4.79 Å². The Kier molecular flexibility index (Phi) is 4.12. The van der Waals surface area contributed by atoms with E-state index < -0.39 is 5.60 Å². The van der Waals surface area contributed by atoms with Gasteiger partial charge in [-0.3, -0.25) is 0 Å². The SMILES string of the molecule is O=C(NCC1(O)CCCCC1)Nc1ccc2c(c1)COC2. The summed E-state index contributed by atoms with van der Waals surface area (Å²) in [7, 11) is 0. The van der Waals surface area contributed by atoms with E-state index in [1.54, 1.807) is 0 Å². The molecule has 0 unspecified atom stereocenters. The number of rotatable bonds is 3. The number of hydrogen-bond donors (Lipinski definition) is 3. The molecule has 1 aromatic rings. The highest BCUT2D eigenvalue weighted by molar-refractivity contribution is 5.89. The zero-order valence-corrected chi connectivity index (χ0v) is 12.2. The van der Waals surface area contributed by atoms with E-state index in [9.17, 15) is 9.90 Å². The highest BCUT2D eigenvalue weighted by Crippen LogP contribution is 2.27. The molecule has 5 heteroatoms. The molecule has 1 aliphatic carbocycles. The van der Waals surface area contributed by atoms with Crippen molar-refractivity contribution in [1.82, 2.24) is 5.32 Å². The average Bonchev–Trinajstić information content (AvgIpc) is 2.94. The van der Waals surface area contributed by atoms with E-state index in [0.717, 1.165) is 36.9 Å². The number of urea groups is 1. The van der Waals surface area contributed by atoms with Gasteiger partial charge in [0, 0.05) is 12.2 Å².